The van der Waals surface area contributed by atoms with Crippen LogP contribution in [0.4, 0.5) is 0 Å². The van der Waals surface area contributed by atoms with Crippen molar-refractivity contribution in [3.63, 3.8) is 0 Å². The van der Waals surface area contributed by atoms with Crippen molar-refractivity contribution in [3.05, 3.63) is 71.6 Å². The molecule has 6 nitrogen and oxygen atoms in total. The molecular weight excluding hydrogens is 396 g/mol. The molecule has 0 atom stereocenters. The maximum Gasteiger partial charge on any atom is 0.277 e. The van der Waals surface area contributed by atoms with Gasteiger partial charge in [-0.15, -0.1) is 10.2 Å². The molecule has 0 aliphatic rings. The molecule has 0 spiro atoms. The monoisotopic (exact) mass is 408 g/mol. The average Bonchev–Trinajstić information content (AvgIpc) is 3.46. The molecule has 0 aliphatic carbocycles. The molecule has 0 radical (unpaired) electrons. The van der Waals surface area contributed by atoms with Gasteiger partial charge in [-0.05, 0) is 18.2 Å². The molecule has 28 heavy (non-hydrogen) atoms. The Bertz CT molecular complexity index is 1240. The summed E-state index contributed by atoms with van der Waals surface area (Å²) in [4.78, 5) is 3.21. The second-order valence-corrected chi connectivity index (χ2v) is 7.46. The molecule has 138 valence electrons. The Hall–Kier alpha value is -3.03. The van der Waals surface area contributed by atoms with E-state index in [0.29, 0.717) is 21.9 Å². The van der Waals surface area contributed by atoms with E-state index in [9.17, 15) is 0 Å². The number of nitrogens with one attached hydrogen (secondary N) is 1. The summed E-state index contributed by atoms with van der Waals surface area (Å²) in [7, 11) is 0. The predicted molar refractivity (Wildman–Crippen MR) is 108 cm³/mol. The summed E-state index contributed by atoms with van der Waals surface area (Å²) in [5, 5.41) is 14.6. The van der Waals surface area contributed by atoms with Gasteiger partial charge in [-0.1, -0.05) is 58.9 Å². The normalized spacial score (nSPS) is 11.3. The number of nitrogens with zero attached hydrogens (tertiary/aromatic N) is 3. The van der Waals surface area contributed by atoms with Gasteiger partial charge in [0.25, 0.3) is 11.1 Å². The third-order valence-electron chi connectivity index (χ3n) is 4.26. The van der Waals surface area contributed by atoms with Gasteiger partial charge < -0.3 is 13.9 Å². The lowest BCUT2D eigenvalue weighted by molar-refractivity contribution is 0.396. The highest BCUT2D eigenvalue weighted by molar-refractivity contribution is 7.98. The molecule has 0 fully saturated rings. The van der Waals surface area contributed by atoms with Gasteiger partial charge in [0, 0.05) is 33.8 Å². The number of hydrogen-bond acceptors (Lipinski definition) is 6. The van der Waals surface area contributed by atoms with Crippen molar-refractivity contribution in [1.82, 2.24) is 20.3 Å². The van der Waals surface area contributed by atoms with Crippen LogP contribution in [0.25, 0.3) is 33.6 Å². The maximum absolute atomic E-state index is 5.92. The zero-order valence-electron chi connectivity index (χ0n) is 14.4. The van der Waals surface area contributed by atoms with Crippen LogP contribution in [0, 0.1) is 0 Å². The summed E-state index contributed by atoms with van der Waals surface area (Å²) < 4.78 is 11.2. The third-order valence-corrected chi connectivity index (χ3v) is 5.36. The predicted octanol–water partition coefficient (Wildman–Crippen LogP) is 5.82. The van der Waals surface area contributed by atoms with Gasteiger partial charge in [-0.2, -0.15) is 0 Å². The van der Waals surface area contributed by atoms with Crippen molar-refractivity contribution in [2.75, 3.05) is 0 Å². The lowest BCUT2D eigenvalue weighted by Gasteiger charge is -1.94. The van der Waals surface area contributed by atoms with Crippen molar-refractivity contribution in [1.29, 1.82) is 0 Å². The van der Waals surface area contributed by atoms with E-state index in [1.165, 1.54) is 11.8 Å². The van der Waals surface area contributed by atoms with E-state index in [0.717, 1.165) is 33.5 Å². The number of aromatic amines is 1. The Morgan fingerprint density at radius 1 is 1.04 bits per heavy atom. The molecule has 0 aliphatic heterocycles. The van der Waals surface area contributed by atoms with Crippen molar-refractivity contribution in [2.45, 2.75) is 11.0 Å². The van der Waals surface area contributed by atoms with Gasteiger partial charge >= 0.3 is 0 Å². The molecule has 0 unspecified atom stereocenters. The second kappa shape index (κ2) is 7.18. The SMILES string of the molecule is Clc1ccc(-c2cc(CSc3nnc(-c4c[nH]c5ccccc45)o3)on2)cc1. The van der Waals surface area contributed by atoms with Gasteiger partial charge in [-0.25, -0.2) is 0 Å². The lowest BCUT2D eigenvalue weighted by atomic mass is 10.1. The fraction of sp³-hybridized carbons (Fsp3) is 0.0500. The zero-order chi connectivity index (χ0) is 18.9. The molecule has 2 aromatic carbocycles. The second-order valence-electron chi connectivity index (χ2n) is 6.10. The first kappa shape index (κ1) is 17.1. The number of H-pyrrole nitrogens is 1. The highest BCUT2D eigenvalue weighted by Gasteiger charge is 2.14. The van der Waals surface area contributed by atoms with E-state index in [2.05, 4.69) is 20.3 Å². The maximum atomic E-state index is 5.92. The van der Waals surface area contributed by atoms with E-state index >= 15 is 0 Å². The summed E-state index contributed by atoms with van der Waals surface area (Å²) in [6.07, 6.45) is 1.88. The molecule has 3 aromatic heterocycles. The van der Waals surface area contributed by atoms with Gasteiger partial charge in [0.05, 0.1) is 11.3 Å². The number of thioether (sulfide) groups is 1. The van der Waals surface area contributed by atoms with Crippen LogP contribution in [0.5, 0.6) is 0 Å². The Labute approximate surface area is 168 Å². The molecule has 5 rings (SSSR count). The first-order chi connectivity index (χ1) is 13.8. The van der Waals surface area contributed by atoms with Crippen molar-refractivity contribution < 1.29 is 8.94 Å². The van der Waals surface area contributed by atoms with Crippen LogP contribution in [0.3, 0.4) is 0 Å². The van der Waals surface area contributed by atoms with E-state index in [1.54, 1.807) is 0 Å². The summed E-state index contributed by atoms with van der Waals surface area (Å²) >= 11 is 7.32. The van der Waals surface area contributed by atoms with Crippen molar-refractivity contribution in [2.24, 2.45) is 0 Å². The molecule has 3 heterocycles. The van der Waals surface area contributed by atoms with Gasteiger partial charge in [0.1, 0.15) is 11.5 Å². The van der Waals surface area contributed by atoms with Gasteiger partial charge in [-0.3, -0.25) is 0 Å². The molecule has 0 saturated carbocycles. The van der Waals surface area contributed by atoms with E-state index in [4.69, 9.17) is 20.5 Å². The number of hydrogen-bond donors (Lipinski definition) is 1. The Morgan fingerprint density at radius 2 is 1.89 bits per heavy atom. The molecule has 0 amide bonds. The van der Waals surface area contributed by atoms with Crippen LogP contribution in [0.15, 0.2) is 75.0 Å². The standard InChI is InChI=1S/C20H13ClN4O2S/c21-13-7-5-12(6-8-13)18-9-14(27-25-18)11-28-20-24-23-19(26-20)16-10-22-17-4-2-1-3-15(16)17/h1-10,22H,11H2. The number of rotatable bonds is 5. The van der Waals surface area contributed by atoms with E-state index < -0.39 is 0 Å². The largest absolute Gasteiger partial charge is 0.411 e. The summed E-state index contributed by atoms with van der Waals surface area (Å²) in [6.45, 7) is 0. The highest BCUT2D eigenvalue weighted by atomic mass is 35.5. The third kappa shape index (κ3) is 3.30. The molecule has 0 saturated heterocycles. The van der Waals surface area contributed by atoms with Crippen LogP contribution in [-0.4, -0.2) is 20.3 Å². The Balaban J connectivity index is 1.30. The fourth-order valence-electron chi connectivity index (χ4n) is 2.90. The van der Waals surface area contributed by atoms with Crippen LogP contribution >= 0.6 is 23.4 Å². The minimum Gasteiger partial charge on any atom is -0.411 e. The van der Waals surface area contributed by atoms with Crippen molar-refractivity contribution >= 4 is 34.3 Å². The quantitative estimate of drug-likeness (QED) is 0.369. The van der Waals surface area contributed by atoms with Crippen LogP contribution in [0.1, 0.15) is 5.76 Å². The van der Waals surface area contributed by atoms with E-state index in [1.807, 2.05) is 60.8 Å². The molecular formula is C20H13ClN4O2S. The first-order valence-corrected chi connectivity index (χ1v) is 9.87. The molecule has 0 bridgehead atoms. The van der Waals surface area contributed by atoms with Crippen LogP contribution in [0.2, 0.25) is 5.02 Å². The topological polar surface area (TPSA) is 80.7 Å². The molecule has 8 heteroatoms. The van der Waals surface area contributed by atoms with Crippen LogP contribution < -0.4 is 0 Å². The number of benzene rings is 2. The smallest absolute Gasteiger partial charge is 0.277 e. The Morgan fingerprint density at radius 3 is 2.79 bits per heavy atom. The molecule has 1 N–H and O–H groups in total. The number of fused-ring (bicyclic) bond motifs is 1. The van der Waals surface area contributed by atoms with E-state index in [-0.39, 0.29) is 0 Å². The van der Waals surface area contributed by atoms with Gasteiger partial charge in [0.15, 0.2) is 0 Å². The fourth-order valence-corrected chi connectivity index (χ4v) is 3.66. The van der Waals surface area contributed by atoms with Crippen molar-refractivity contribution in [3.8, 4) is 22.7 Å². The number of para-hydroxylation sites is 1. The summed E-state index contributed by atoms with van der Waals surface area (Å²) in [5.41, 5.74) is 3.63. The highest BCUT2D eigenvalue weighted by Crippen LogP contribution is 2.31. The zero-order valence-corrected chi connectivity index (χ0v) is 16.0. The summed E-state index contributed by atoms with van der Waals surface area (Å²) in [6, 6.07) is 17.3. The first-order valence-electron chi connectivity index (χ1n) is 8.50. The minimum absolute atomic E-state index is 0.477. The lowest BCUT2D eigenvalue weighted by Crippen LogP contribution is -1.77. The Kier molecular flexibility index (Phi) is 4.38. The number of aromatic nitrogens is 4. The average molecular weight is 409 g/mol. The van der Waals surface area contributed by atoms with Crippen LogP contribution in [-0.2, 0) is 5.75 Å². The van der Waals surface area contributed by atoms with Gasteiger partial charge in [0.2, 0.25) is 0 Å². The number of halogens is 1. The summed E-state index contributed by atoms with van der Waals surface area (Å²) in [5.74, 6) is 1.75. The molecule has 5 aromatic rings. The minimum atomic E-state index is 0.477.